The molecule has 1 heterocycles. The number of benzene rings is 2. The van der Waals surface area contributed by atoms with Gasteiger partial charge in [0, 0.05) is 16.1 Å². The van der Waals surface area contributed by atoms with Crippen molar-refractivity contribution in [1.82, 2.24) is 0 Å². The summed E-state index contributed by atoms with van der Waals surface area (Å²) in [5, 5.41) is 3.15. The molecule has 1 N–H and O–H groups in total. The van der Waals surface area contributed by atoms with Crippen LogP contribution in [0.15, 0.2) is 47.5 Å². The normalized spacial score (nSPS) is 16.2. The fraction of sp³-hybridized carbons (Fsp3) is 0.211. The molecule has 0 unspecified atom stereocenters. The highest BCUT2D eigenvalue weighted by Crippen LogP contribution is 2.28. The van der Waals surface area contributed by atoms with Gasteiger partial charge in [-0.1, -0.05) is 23.7 Å². The summed E-state index contributed by atoms with van der Waals surface area (Å²) in [5.41, 5.74) is 1.42. The predicted molar refractivity (Wildman–Crippen MR) is 97.2 cm³/mol. The van der Waals surface area contributed by atoms with Crippen LogP contribution in [-0.2, 0) is 14.3 Å². The van der Waals surface area contributed by atoms with E-state index in [0.29, 0.717) is 16.3 Å². The molecule has 5 nitrogen and oxygen atoms in total. The molecule has 0 spiro atoms. The molecule has 7 heteroatoms. The highest BCUT2D eigenvalue weighted by atomic mass is 35.5. The quantitative estimate of drug-likeness (QED) is 0.831. The Morgan fingerprint density at radius 2 is 2.04 bits per heavy atom. The molecule has 2 aromatic carbocycles. The SMILES string of the molecule is CCOC(=O)C[C@@H]1N=C(c2ccccc2F)c2cc(Cl)ccc2NC1=O. The first-order chi connectivity index (χ1) is 12.5. The lowest BCUT2D eigenvalue weighted by atomic mass is 10.00. The van der Waals surface area contributed by atoms with Gasteiger partial charge in [0.2, 0.25) is 5.91 Å². The summed E-state index contributed by atoms with van der Waals surface area (Å²) < 4.78 is 19.3. The minimum Gasteiger partial charge on any atom is -0.466 e. The van der Waals surface area contributed by atoms with Crippen LogP contribution in [0.5, 0.6) is 0 Å². The maximum atomic E-state index is 14.4. The van der Waals surface area contributed by atoms with Gasteiger partial charge in [0.05, 0.1) is 24.4 Å². The van der Waals surface area contributed by atoms with E-state index in [9.17, 15) is 14.0 Å². The molecule has 0 saturated heterocycles. The van der Waals surface area contributed by atoms with Gasteiger partial charge < -0.3 is 10.1 Å². The molecule has 1 aliphatic rings. The number of hydrogen-bond donors (Lipinski definition) is 1. The van der Waals surface area contributed by atoms with Crippen molar-refractivity contribution in [1.29, 1.82) is 0 Å². The van der Waals surface area contributed by atoms with E-state index in [-0.39, 0.29) is 24.3 Å². The lowest BCUT2D eigenvalue weighted by molar-refractivity contribution is -0.144. The third-order valence-electron chi connectivity index (χ3n) is 3.88. The molecule has 1 atom stereocenters. The highest BCUT2D eigenvalue weighted by molar-refractivity contribution is 6.32. The van der Waals surface area contributed by atoms with Gasteiger partial charge in [-0.15, -0.1) is 0 Å². The number of nitrogens with zero attached hydrogens (tertiary/aromatic N) is 1. The Hall–Kier alpha value is -2.73. The van der Waals surface area contributed by atoms with Crippen LogP contribution in [0.1, 0.15) is 24.5 Å². The molecule has 134 valence electrons. The minimum atomic E-state index is -1.03. The zero-order valence-electron chi connectivity index (χ0n) is 14.0. The lowest BCUT2D eigenvalue weighted by Gasteiger charge is -2.11. The summed E-state index contributed by atoms with van der Waals surface area (Å²) in [4.78, 5) is 28.7. The molecule has 2 aromatic rings. The summed E-state index contributed by atoms with van der Waals surface area (Å²) in [6.07, 6.45) is -0.237. The number of benzodiazepines with no additional fused rings is 1. The van der Waals surface area contributed by atoms with Crippen LogP contribution in [0.25, 0.3) is 0 Å². The fourth-order valence-corrected chi connectivity index (χ4v) is 2.88. The number of aliphatic imine (C=N–C) groups is 1. The average Bonchev–Trinajstić information content (AvgIpc) is 2.73. The topological polar surface area (TPSA) is 67.8 Å². The summed E-state index contributed by atoms with van der Waals surface area (Å²) in [7, 11) is 0. The second-order valence-electron chi connectivity index (χ2n) is 5.66. The van der Waals surface area contributed by atoms with Crippen molar-refractivity contribution >= 4 is 34.9 Å². The second kappa shape index (κ2) is 7.66. The Morgan fingerprint density at radius 1 is 1.27 bits per heavy atom. The first-order valence-electron chi connectivity index (χ1n) is 8.08. The van der Waals surface area contributed by atoms with Crippen molar-refractivity contribution in [3.05, 3.63) is 64.4 Å². The first kappa shape index (κ1) is 18.1. The number of rotatable bonds is 4. The van der Waals surface area contributed by atoms with Gasteiger partial charge in [0.15, 0.2) is 0 Å². The summed E-state index contributed by atoms with van der Waals surface area (Å²) >= 11 is 6.09. The Morgan fingerprint density at radius 3 is 2.77 bits per heavy atom. The Balaban J connectivity index is 2.13. The average molecular weight is 375 g/mol. The number of ether oxygens (including phenoxy) is 1. The van der Waals surface area contributed by atoms with Gasteiger partial charge in [-0.05, 0) is 37.3 Å². The number of fused-ring (bicyclic) bond motifs is 1. The highest BCUT2D eigenvalue weighted by Gasteiger charge is 2.29. The molecule has 3 rings (SSSR count). The smallest absolute Gasteiger partial charge is 0.308 e. The molecule has 0 radical (unpaired) electrons. The maximum absolute atomic E-state index is 14.4. The van der Waals surface area contributed by atoms with Crippen LogP contribution in [0.4, 0.5) is 10.1 Å². The predicted octanol–water partition coefficient (Wildman–Crippen LogP) is 3.59. The second-order valence-corrected chi connectivity index (χ2v) is 6.10. The Kier molecular flexibility index (Phi) is 5.32. The van der Waals surface area contributed by atoms with Gasteiger partial charge in [0.25, 0.3) is 0 Å². The van der Waals surface area contributed by atoms with E-state index < -0.39 is 23.7 Å². The van der Waals surface area contributed by atoms with Crippen molar-refractivity contribution in [2.24, 2.45) is 4.99 Å². The van der Waals surface area contributed by atoms with Crippen LogP contribution in [0.2, 0.25) is 5.02 Å². The maximum Gasteiger partial charge on any atom is 0.308 e. The Bertz CT molecular complexity index is 898. The van der Waals surface area contributed by atoms with E-state index in [4.69, 9.17) is 16.3 Å². The molecule has 1 aliphatic heterocycles. The number of amides is 1. The summed E-state index contributed by atoms with van der Waals surface area (Å²) in [6.45, 7) is 1.88. The van der Waals surface area contributed by atoms with Crippen molar-refractivity contribution in [2.75, 3.05) is 11.9 Å². The van der Waals surface area contributed by atoms with Gasteiger partial charge in [0.1, 0.15) is 11.9 Å². The number of nitrogens with one attached hydrogen (secondary N) is 1. The fourth-order valence-electron chi connectivity index (χ4n) is 2.71. The standard InChI is InChI=1S/C19H16ClFN2O3/c1-2-26-17(24)10-16-19(25)23-15-8-7-11(20)9-13(15)18(22-16)12-5-3-4-6-14(12)21/h3-9,16H,2,10H2,1H3,(H,23,25)/t16-/m0/s1. The monoisotopic (exact) mass is 374 g/mol. The minimum absolute atomic E-state index is 0.201. The van der Waals surface area contributed by atoms with Crippen molar-refractivity contribution in [3.63, 3.8) is 0 Å². The lowest BCUT2D eigenvalue weighted by Crippen LogP contribution is -2.28. The van der Waals surface area contributed by atoms with Gasteiger partial charge >= 0.3 is 5.97 Å². The van der Waals surface area contributed by atoms with E-state index in [0.717, 1.165) is 0 Å². The van der Waals surface area contributed by atoms with Crippen LogP contribution in [0.3, 0.4) is 0 Å². The largest absolute Gasteiger partial charge is 0.466 e. The third-order valence-corrected chi connectivity index (χ3v) is 4.11. The van der Waals surface area contributed by atoms with E-state index in [2.05, 4.69) is 10.3 Å². The number of halogens is 2. The molecule has 1 amide bonds. The number of carbonyl (C=O) groups excluding carboxylic acids is 2. The van der Waals surface area contributed by atoms with Crippen LogP contribution in [0, 0.1) is 5.82 Å². The van der Waals surface area contributed by atoms with E-state index in [1.165, 1.54) is 6.07 Å². The number of esters is 1. The zero-order chi connectivity index (χ0) is 18.7. The first-order valence-corrected chi connectivity index (χ1v) is 8.46. The van der Waals surface area contributed by atoms with Crippen LogP contribution < -0.4 is 5.32 Å². The molecular weight excluding hydrogens is 359 g/mol. The van der Waals surface area contributed by atoms with Gasteiger partial charge in [-0.3, -0.25) is 14.6 Å². The molecule has 0 saturated carbocycles. The van der Waals surface area contributed by atoms with E-state index >= 15 is 0 Å². The van der Waals surface area contributed by atoms with Crippen LogP contribution >= 0.6 is 11.6 Å². The van der Waals surface area contributed by atoms with Gasteiger partial charge in [-0.2, -0.15) is 0 Å². The van der Waals surface area contributed by atoms with Gasteiger partial charge in [-0.25, -0.2) is 4.39 Å². The van der Waals surface area contributed by atoms with E-state index in [1.807, 2.05) is 0 Å². The van der Waals surface area contributed by atoms with Crippen LogP contribution in [-0.4, -0.2) is 30.2 Å². The van der Waals surface area contributed by atoms with E-state index in [1.54, 1.807) is 43.3 Å². The number of carbonyl (C=O) groups is 2. The van der Waals surface area contributed by atoms with Crippen molar-refractivity contribution in [3.8, 4) is 0 Å². The van der Waals surface area contributed by atoms with Crippen molar-refractivity contribution in [2.45, 2.75) is 19.4 Å². The molecular formula is C19H16ClFN2O3. The summed E-state index contributed by atoms with van der Waals surface area (Å²) in [5.74, 6) is -1.50. The number of anilines is 1. The Labute approximate surface area is 154 Å². The molecule has 0 aromatic heterocycles. The zero-order valence-corrected chi connectivity index (χ0v) is 14.7. The third kappa shape index (κ3) is 3.75. The molecule has 0 bridgehead atoms. The number of hydrogen-bond acceptors (Lipinski definition) is 4. The van der Waals surface area contributed by atoms with Crippen molar-refractivity contribution < 1.29 is 18.7 Å². The molecule has 0 aliphatic carbocycles. The molecule has 26 heavy (non-hydrogen) atoms. The summed E-state index contributed by atoms with van der Waals surface area (Å²) in [6, 6.07) is 9.92. The molecule has 0 fully saturated rings.